The van der Waals surface area contributed by atoms with Crippen molar-refractivity contribution in [3.05, 3.63) is 95.1 Å². The molecule has 0 saturated carbocycles. The first-order valence-corrected chi connectivity index (χ1v) is 9.97. The van der Waals surface area contributed by atoms with Gasteiger partial charge in [0.05, 0.1) is 6.04 Å². The zero-order valence-corrected chi connectivity index (χ0v) is 15.4. The maximum absolute atomic E-state index is 9.68. The smallest absolute Gasteiger partial charge is 0.167 e. The molecule has 0 spiro atoms. The molecule has 1 atom stereocenters. The lowest BCUT2D eigenvalue weighted by Gasteiger charge is -2.37. The van der Waals surface area contributed by atoms with Crippen LogP contribution in [0.1, 0.15) is 23.6 Å². The first-order valence-electron chi connectivity index (χ1n) is 8.16. The van der Waals surface area contributed by atoms with Crippen LogP contribution in [0, 0.1) is 0 Å². The molecular formula is C20H21ClNO2P. The summed E-state index contributed by atoms with van der Waals surface area (Å²) in [6.07, 6.45) is 6.55. The van der Waals surface area contributed by atoms with E-state index in [-0.39, 0.29) is 12.2 Å². The first kappa shape index (κ1) is 18.3. The Morgan fingerprint density at radius 3 is 2.00 bits per heavy atom. The van der Waals surface area contributed by atoms with Crippen molar-refractivity contribution in [2.75, 3.05) is 6.16 Å². The summed E-state index contributed by atoms with van der Waals surface area (Å²) in [5.41, 5.74) is 1.70. The van der Waals surface area contributed by atoms with Crippen molar-refractivity contribution in [1.29, 1.82) is 0 Å². The van der Waals surface area contributed by atoms with Gasteiger partial charge in [0.25, 0.3) is 0 Å². The molecule has 0 aromatic heterocycles. The van der Waals surface area contributed by atoms with Gasteiger partial charge in [-0.2, -0.15) is 0 Å². The molecule has 25 heavy (non-hydrogen) atoms. The van der Waals surface area contributed by atoms with Crippen LogP contribution in [0.4, 0.5) is 0 Å². The van der Waals surface area contributed by atoms with Crippen molar-refractivity contribution < 1.29 is 9.79 Å². The van der Waals surface area contributed by atoms with Gasteiger partial charge in [0, 0.05) is 16.7 Å². The molecule has 0 aliphatic heterocycles. The van der Waals surface area contributed by atoms with Gasteiger partial charge in [-0.15, -0.1) is 0 Å². The third-order valence-corrected chi connectivity index (χ3v) is 5.47. The van der Waals surface area contributed by atoms with Gasteiger partial charge in [-0.05, 0) is 23.6 Å². The molecule has 3 nitrogen and oxygen atoms in total. The van der Waals surface area contributed by atoms with Crippen molar-refractivity contribution in [2.45, 2.75) is 18.0 Å². The quantitative estimate of drug-likeness (QED) is 0.654. The van der Waals surface area contributed by atoms with Crippen LogP contribution < -0.4 is 5.32 Å². The van der Waals surface area contributed by atoms with E-state index in [1.54, 1.807) is 0 Å². The summed E-state index contributed by atoms with van der Waals surface area (Å²) in [6.45, 7) is 0. The molecule has 0 heterocycles. The maximum atomic E-state index is 9.68. The molecule has 130 valence electrons. The molecule has 5 heteroatoms. The molecule has 0 bridgehead atoms. The molecule has 1 unspecified atom stereocenters. The molecule has 1 aliphatic rings. The lowest BCUT2D eigenvalue weighted by Crippen LogP contribution is -2.48. The van der Waals surface area contributed by atoms with Crippen molar-refractivity contribution in [1.82, 2.24) is 5.32 Å². The number of rotatable bonds is 6. The van der Waals surface area contributed by atoms with Crippen LogP contribution in [0.3, 0.4) is 0 Å². The van der Waals surface area contributed by atoms with Gasteiger partial charge >= 0.3 is 0 Å². The van der Waals surface area contributed by atoms with Crippen LogP contribution in [0.15, 0.2) is 83.9 Å². The Morgan fingerprint density at radius 1 is 1.00 bits per heavy atom. The van der Waals surface area contributed by atoms with Gasteiger partial charge in [0.15, 0.2) is 8.38 Å². The van der Waals surface area contributed by atoms with Crippen LogP contribution in [0.25, 0.3) is 0 Å². The molecule has 3 rings (SSSR count). The zero-order chi connectivity index (χ0) is 17.7. The Balaban J connectivity index is 1.97. The minimum atomic E-state index is -2.04. The van der Waals surface area contributed by atoms with E-state index in [2.05, 4.69) is 29.6 Å². The standard InChI is InChI=1S/C20H21ClNO2P/c21-18-11-13-20(14-12-18,15-25(23)24)22-19(16-7-3-1-4-8-16)17-9-5-2-6-10-17/h1-13,19,22-24H,14-15H2. The highest BCUT2D eigenvalue weighted by Crippen LogP contribution is 2.37. The van der Waals surface area contributed by atoms with Gasteiger partial charge in [-0.1, -0.05) is 84.4 Å². The summed E-state index contributed by atoms with van der Waals surface area (Å²) in [5.74, 6) is 0. The van der Waals surface area contributed by atoms with Crippen molar-refractivity contribution in [3.63, 3.8) is 0 Å². The van der Waals surface area contributed by atoms with E-state index in [1.807, 2.05) is 54.6 Å². The average molecular weight is 374 g/mol. The summed E-state index contributed by atoms with van der Waals surface area (Å²) < 4.78 is 0. The highest BCUT2D eigenvalue weighted by atomic mass is 35.5. The third kappa shape index (κ3) is 4.78. The second kappa shape index (κ2) is 8.27. The maximum Gasteiger partial charge on any atom is 0.167 e. The Kier molecular flexibility index (Phi) is 6.06. The minimum absolute atomic E-state index is 0.0627. The van der Waals surface area contributed by atoms with E-state index < -0.39 is 13.9 Å². The lowest BCUT2D eigenvalue weighted by atomic mass is 9.89. The summed E-state index contributed by atoms with van der Waals surface area (Å²) in [5, 5.41) is 4.33. The summed E-state index contributed by atoms with van der Waals surface area (Å²) in [6, 6.07) is 20.3. The van der Waals surface area contributed by atoms with Crippen LogP contribution in [0.2, 0.25) is 0 Å². The fourth-order valence-corrected chi connectivity index (χ4v) is 4.09. The average Bonchev–Trinajstić information content (AvgIpc) is 2.63. The van der Waals surface area contributed by atoms with E-state index in [0.29, 0.717) is 11.5 Å². The third-order valence-electron chi connectivity index (χ3n) is 4.34. The van der Waals surface area contributed by atoms with Gasteiger partial charge in [-0.3, -0.25) is 5.32 Å². The topological polar surface area (TPSA) is 52.5 Å². The number of nitrogens with one attached hydrogen (secondary N) is 1. The number of hydrogen-bond acceptors (Lipinski definition) is 3. The number of halogens is 1. The van der Waals surface area contributed by atoms with Crippen LogP contribution in [0.5, 0.6) is 0 Å². The molecule has 1 aliphatic carbocycles. The predicted octanol–water partition coefficient (Wildman–Crippen LogP) is 4.48. The minimum Gasteiger partial charge on any atom is -0.350 e. The van der Waals surface area contributed by atoms with E-state index >= 15 is 0 Å². The number of benzene rings is 2. The van der Waals surface area contributed by atoms with E-state index in [0.717, 1.165) is 11.1 Å². The summed E-state index contributed by atoms with van der Waals surface area (Å²) in [7, 11) is -2.04. The highest BCUT2D eigenvalue weighted by Gasteiger charge is 2.34. The molecule has 0 amide bonds. The molecular weight excluding hydrogens is 353 g/mol. The Morgan fingerprint density at radius 2 is 1.56 bits per heavy atom. The first-order chi connectivity index (χ1) is 12.1. The van der Waals surface area contributed by atoms with Crippen LogP contribution in [-0.4, -0.2) is 21.5 Å². The second-order valence-corrected chi connectivity index (χ2v) is 7.71. The van der Waals surface area contributed by atoms with E-state index in [9.17, 15) is 9.79 Å². The largest absolute Gasteiger partial charge is 0.350 e. The van der Waals surface area contributed by atoms with Crippen molar-refractivity contribution in [3.8, 4) is 0 Å². The molecule has 3 N–H and O–H groups in total. The van der Waals surface area contributed by atoms with Gasteiger partial charge in [0.1, 0.15) is 0 Å². The molecule has 0 fully saturated rings. The molecule has 2 aromatic carbocycles. The fourth-order valence-electron chi connectivity index (χ4n) is 3.11. The monoisotopic (exact) mass is 373 g/mol. The Hall–Kier alpha value is -1.48. The van der Waals surface area contributed by atoms with Gasteiger partial charge in [0.2, 0.25) is 0 Å². The lowest BCUT2D eigenvalue weighted by molar-refractivity contribution is 0.383. The second-order valence-electron chi connectivity index (χ2n) is 6.21. The molecule has 2 aromatic rings. The highest BCUT2D eigenvalue weighted by molar-refractivity contribution is 7.45. The fraction of sp³-hybridized carbons (Fsp3) is 0.200. The van der Waals surface area contributed by atoms with Gasteiger partial charge in [-0.25, -0.2) is 0 Å². The van der Waals surface area contributed by atoms with Crippen LogP contribution >= 0.6 is 20.0 Å². The van der Waals surface area contributed by atoms with Gasteiger partial charge < -0.3 is 9.79 Å². The SMILES string of the molecule is OP(O)CC1(NC(c2ccccc2)c2ccccc2)C=CC(Cl)=CC1. The number of allylic oxidation sites excluding steroid dienone is 2. The zero-order valence-electron chi connectivity index (χ0n) is 13.7. The predicted molar refractivity (Wildman–Crippen MR) is 105 cm³/mol. The molecule has 0 saturated heterocycles. The molecule has 0 radical (unpaired) electrons. The summed E-state index contributed by atoms with van der Waals surface area (Å²) in [4.78, 5) is 19.4. The van der Waals surface area contributed by atoms with Crippen molar-refractivity contribution in [2.24, 2.45) is 0 Å². The Bertz CT molecular complexity index is 709. The number of hydrogen-bond donors (Lipinski definition) is 3. The summed E-state index contributed by atoms with van der Waals surface area (Å²) >= 11 is 6.08. The normalized spacial score (nSPS) is 20.1. The van der Waals surface area contributed by atoms with Crippen LogP contribution in [-0.2, 0) is 0 Å². The van der Waals surface area contributed by atoms with Crippen molar-refractivity contribution >= 4 is 20.0 Å². The Labute approximate surface area is 154 Å². The van der Waals surface area contributed by atoms with E-state index in [1.165, 1.54) is 0 Å². The van der Waals surface area contributed by atoms with E-state index in [4.69, 9.17) is 11.6 Å².